The van der Waals surface area contributed by atoms with Gasteiger partial charge in [0.1, 0.15) is 5.70 Å². The number of azo groups is 1. The topological polar surface area (TPSA) is 83.2 Å². The summed E-state index contributed by atoms with van der Waals surface area (Å²) in [5.74, 6) is -0.348. The summed E-state index contributed by atoms with van der Waals surface area (Å²) in [6, 6.07) is 0.300. The van der Waals surface area contributed by atoms with E-state index in [0.717, 1.165) is 24.6 Å². The van der Waals surface area contributed by atoms with E-state index in [0.29, 0.717) is 6.04 Å². The van der Waals surface area contributed by atoms with Crippen molar-refractivity contribution in [2.45, 2.75) is 31.7 Å². The van der Waals surface area contributed by atoms with E-state index in [-0.39, 0.29) is 22.5 Å². The van der Waals surface area contributed by atoms with Crippen molar-refractivity contribution in [2.75, 3.05) is 5.75 Å². The second-order valence-electron chi connectivity index (χ2n) is 4.18. The Bertz CT molecular complexity index is 438. The van der Waals surface area contributed by atoms with Gasteiger partial charge < -0.3 is 5.32 Å². The molecule has 1 aliphatic carbocycles. The highest BCUT2D eigenvalue weighted by atomic mass is 32.2. The molecule has 0 radical (unpaired) electrons. The molecule has 2 rings (SSSR count). The number of amidine groups is 1. The van der Waals surface area contributed by atoms with Crippen LogP contribution in [-0.4, -0.2) is 28.8 Å². The average Bonchev–Trinajstić information content (AvgIpc) is 2.83. The van der Waals surface area contributed by atoms with Gasteiger partial charge in [-0.3, -0.25) is 9.59 Å². The normalized spacial score (nSPS) is 20.1. The summed E-state index contributed by atoms with van der Waals surface area (Å²) in [7, 11) is 0. The minimum Gasteiger partial charge on any atom is -0.353 e. The summed E-state index contributed by atoms with van der Waals surface area (Å²) in [5, 5.41) is 10.4. The standard InChI is InChI=1S/C11H14N4O2S/c1-7-10(17)13-11(15-14-7)18-6-9(16)12-8-4-2-3-5-8/h8H,1-6H2,(H,12,16). The molecule has 2 aliphatic rings. The molecule has 96 valence electrons. The molecule has 6 nitrogen and oxygen atoms in total. The third kappa shape index (κ3) is 3.49. The number of carbonyl (C=O) groups excluding carboxylic acids is 2. The van der Waals surface area contributed by atoms with Crippen LogP contribution in [0.2, 0.25) is 0 Å². The molecule has 0 aromatic rings. The number of aliphatic imine (C=N–C) groups is 1. The molecule has 1 N–H and O–H groups in total. The summed E-state index contributed by atoms with van der Waals surface area (Å²) in [5.41, 5.74) is 0.0229. The van der Waals surface area contributed by atoms with Crippen LogP contribution in [0, 0.1) is 0 Å². The molecule has 1 heterocycles. The van der Waals surface area contributed by atoms with Crippen molar-refractivity contribution in [3.05, 3.63) is 12.3 Å². The Kier molecular flexibility index (Phi) is 4.24. The van der Waals surface area contributed by atoms with Crippen molar-refractivity contribution in [3.8, 4) is 0 Å². The van der Waals surface area contributed by atoms with Crippen molar-refractivity contribution in [1.29, 1.82) is 0 Å². The molecule has 18 heavy (non-hydrogen) atoms. The zero-order valence-electron chi connectivity index (χ0n) is 9.89. The number of carbonyl (C=O) groups is 2. The van der Waals surface area contributed by atoms with Crippen LogP contribution < -0.4 is 5.32 Å². The van der Waals surface area contributed by atoms with Crippen LogP contribution in [0.25, 0.3) is 0 Å². The van der Waals surface area contributed by atoms with Gasteiger partial charge in [-0.1, -0.05) is 31.2 Å². The van der Waals surface area contributed by atoms with Crippen LogP contribution in [0.5, 0.6) is 0 Å². The van der Waals surface area contributed by atoms with Gasteiger partial charge in [-0.15, -0.1) is 10.2 Å². The lowest BCUT2D eigenvalue weighted by atomic mass is 10.2. The van der Waals surface area contributed by atoms with Crippen LogP contribution in [0.4, 0.5) is 0 Å². The van der Waals surface area contributed by atoms with Gasteiger partial charge in [0.05, 0.1) is 5.75 Å². The van der Waals surface area contributed by atoms with Crippen LogP contribution >= 0.6 is 11.8 Å². The molecule has 1 fully saturated rings. The number of nitrogens with one attached hydrogen (secondary N) is 1. The number of nitrogens with zero attached hydrogens (tertiary/aromatic N) is 3. The fourth-order valence-corrected chi connectivity index (χ4v) is 2.44. The highest BCUT2D eigenvalue weighted by Gasteiger charge is 2.18. The first-order valence-electron chi connectivity index (χ1n) is 5.81. The summed E-state index contributed by atoms with van der Waals surface area (Å²) in [4.78, 5) is 26.5. The highest BCUT2D eigenvalue weighted by molar-refractivity contribution is 8.14. The molecule has 0 aromatic heterocycles. The van der Waals surface area contributed by atoms with Crippen molar-refractivity contribution in [3.63, 3.8) is 0 Å². The Hall–Kier alpha value is -1.50. The number of thioether (sulfide) groups is 1. The van der Waals surface area contributed by atoms with E-state index in [1.807, 2.05) is 0 Å². The summed E-state index contributed by atoms with van der Waals surface area (Å²) in [6.45, 7) is 3.39. The van der Waals surface area contributed by atoms with Gasteiger partial charge in [0.25, 0.3) is 5.91 Å². The minimum absolute atomic E-state index is 0.0229. The Morgan fingerprint density at radius 1 is 1.39 bits per heavy atom. The third-order valence-electron chi connectivity index (χ3n) is 2.75. The summed E-state index contributed by atoms with van der Waals surface area (Å²) in [6.07, 6.45) is 4.45. The predicted octanol–water partition coefficient (Wildman–Crippen LogP) is 1.64. The van der Waals surface area contributed by atoms with Gasteiger partial charge in [0.2, 0.25) is 11.1 Å². The minimum atomic E-state index is -0.497. The predicted molar refractivity (Wildman–Crippen MR) is 69.3 cm³/mol. The van der Waals surface area contributed by atoms with Crippen molar-refractivity contribution >= 4 is 28.7 Å². The Morgan fingerprint density at radius 2 is 2.11 bits per heavy atom. The lowest BCUT2D eigenvalue weighted by Crippen LogP contribution is -2.34. The molecule has 2 amide bonds. The number of hydrogen-bond donors (Lipinski definition) is 1. The number of amides is 2. The Labute approximate surface area is 109 Å². The second-order valence-corrected chi connectivity index (χ2v) is 5.13. The molecule has 0 unspecified atom stereocenters. The van der Waals surface area contributed by atoms with Crippen LogP contribution in [-0.2, 0) is 9.59 Å². The molecule has 0 bridgehead atoms. The van der Waals surface area contributed by atoms with Gasteiger partial charge in [-0.05, 0) is 12.8 Å². The molecule has 1 saturated carbocycles. The van der Waals surface area contributed by atoms with Gasteiger partial charge in [-0.25, -0.2) is 0 Å². The second kappa shape index (κ2) is 5.90. The maximum absolute atomic E-state index is 11.6. The van der Waals surface area contributed by atoms with Gasteiger partial charge in [0, 0.05) is 6.04 Å². The number of rotatable bonds is 3. The monoisotopic (exact) mass is 266 g/mol. The lowest BCUT2D eigenvalue weighted by Gasteiger charge is -2.11. The molecule has 0 aromatic carbocycles. The average molecular weight is 266 g/mol. The van der Waals surface area contributed by atoms with Gasteiger partial charge >= 0.3 is 0 Å². The van der Waals surface area contributed by atoms with Gasteiger partial charge in [0.15, 0.2) is 0 Å². The van der Waals surface area contributed by atoms with Crippen molar-refractivity contribution in [1.82, 2.24) is 5.32 Å². The molecule has 7 heteroatoms. The van der Waals surface area contributed by atoms with Gasteiger partial charge in [-0.2, -0.15) is 4.99 Å². The smallest absolute Gasteiger partial charge is 0.299 e. The van der Waals surface area contributed by atoms with E-state index in [1.54, 1.807) is 0 Å². The molecular weight excluding hydrogens is 252 g/mol. The zero-order valence-corrected chi connectivity index (χ0v) is 10.7. The first kappa shape index (κ1) is 12.9. The van der Waals surface area contributed by atoms with E-state index < -0.39 is 5.91 Å². The maximum Gasteiger partial charge on any atom is 0.299 e. The van der Waals surface area contributed by atoms with Crippen molar-refractivity contribution < 1.29 is 9.59 Å². The Morgan fingerprint density at radius 3 is 2.78 bits per heavy atom. The largest absolute Gasteiger partial charge is 0.353 e. The number of hydrogen-bond acceptors (Lipinski definition) is 5. The summed E-state index contributed by atoms with van der Waals surface area (Å²) < 4.78 is 0. The van der Waals surface area contributed by atoms with Crippen molar-refractivity contribution in [2.24, 2.45) is 15.2 Å². The highest BCUT2D eigenvalue weighted by Crippen LogP contribution is 2.18. The van der Waals surface area contributed by atoms with Crippen LogP contribution in [0.3, 0.4) is 0 Å². The first-order chi connectivity index (χ1) is 8.65. The molecule has 1 aliphatic heterocycles. The molecular formula is C11H14N4O2S. The fourth-order valence-electron chi connectivity index (χ4n) is 1.85. The maximum atomic E-state index is 11.6. The third-order valence-corrected chi connectivity index (χ3v) is 3.59. The molecule has 0 spiro atoms. The molecule has 0 saturated heterocycles. The molecule has 0 atom stereocenters. The Balaban J connectivity index is 1.76. The fraction of sp³-hybridized carbons (Fsp3) is 0.545. The van der Waals surface area contributed by atoms with E-state index >= 15 is 0 Å². The van der Waals surface area contributed by atoms with Crippen LogP contribution in [0.15, 0.2) is 27.5 Å². The van der Waals surface area contributed by atoms with E-state index in [9.17, 15) is 9.59 Å². The van der Waals surface area contributed by atoms with E-state index in [4.69, 9.17) is 0 Å². The SMILES string of the molecule is C=C1N=NC(SCC(=O)NC2CCCC2)=NC1=O. The van der Waals surface area contributed by atoms with Crippen LogP contribution in [0.1, 0.15) is 25.7 Å². The van der Waals surface area contributed by atoms with E-state index in [2.05, 4.69) is 27.1 Å². The summed E-state index contributed by atoms with van der Waals surface area (Å²) >= 11 is 1.11. The lowest BCUT2D eigenvalue weighted by molar-refractivity contribution is -0.119. The first-order valence-corrected chi connectivity index (χ1v) is 6.79. The van der Waals surface area contributed by atoms with E-state index in [1.165, 1.54) is 12.8 Å². The quantitative estimate of drug-likeness (QED) is 0.788. The zero-order chi connectivity index (χ0) is 13.0.